The average Bonchev–Trinajstić information content (AvgIpc) is 3.25. The van der Waals surface area contributed by atoms with Gasteiger partial charge < -0.3 is 14.2 Å². The zero-order chi connectivity index (χ0) is 17.2. The maximum atomic E-state index is 12.5. The number of carbonyl (C=O) groups excluding carboxylic acids is 1. The van der Waals surface area contributed by atoms with Crippen molar-refractivity contribution in [3.8, 4) is 0 Å². The molecule has 3 heterocycles. The largest absolute Gasteiger partial charge is 0.379 e. The minimum absolute atomic E-state index is 0.254. The lowest BCUT2D eigenvalue weighted by atomic mass is 10.0. The van der Waals surface area contributed by atoms with E-state index in [1.54, 1.807) is 0 Å². The van der Waals surface area contributed by atoms with E-state index in [1.807, 2.05) is 4.90 Å². The Balaban J connectivity index is 1.22. The van der Waals surface area contributed by atoms with E-state index in [2.05, 4.69) is 22.0 Å². The predicted octanol–water partition coefficient (Wildman–Crippen LogP) is 1.45. The van der Waals surface area contributed by atoms with Crippen LogP contribution >= 0.6 is 0 Å². The number of amides is 1. The number of hydrogen-bond acceptors (Lipinski definition) is 6. The van der Waals surface area contributed by atoms with Crippen molar-refractivity contribution in [1.82, 2.24) is 19.9 Å². The van der Waals surface area contributed by atoms with E-state index in [-0.39, 0.29) is 5.91 Å². The lowest BCUT2D eigenvalue weighted by molar-refractivity contribution is -0.130. The first kappa shape index (κ1) is 17.0. The van der Waals surface area contributed by atoms with Crippen LogP contribution in [-0.2, 0) is 16.0 Å². The third-order valence-corrected chi connectivity index (χ3v) is 5.65. The Bertz CT molecular complexity index is 595. The van der Waals surface area contributed by atoms with Crippen molar-refractivity contribution >= 4 is 5.91 Å². The molecule has 25 heavy (non-hydrogen) atoms. The molecule has 7 nitrogen and oxygen atoms in total. The molecule has 1 aromatic rings. The van der Waals surface area contributed by atoms with Crippen molar-refractivity contribution < 1.29 is 14.1 Å². The van der Waals surface area contributed by atoms with Crippen LogP contribution in [0.3, 0.4) is 0 Å². The fraction of sp³-hybridized carbons (Fsp3) is 0.833. The third-order valence-electron chi connectivity index (χ3n) is 5.65. The molecule has 0 spiro atoms. The summed E-state index contributed by atoms with van der Waals surface area (Å²) in [7, 11) is 0. The zero-order valence-electron chi connectivity index (χ0n) is 15.0. The Kier molecular flexibility index (Phi) is 5.03. The predicted molar refractivity (Wildman–Crippen MR) is 91.1 cm³/mol. The maximum absolute atomic E-state index is 12.5. The van der Waals surface area contributed by atoms with Gasteiger partial charge in [-0.2, -0.15) is 4.98 Å². The average molecular weight is 348 g/mol. The van der Waals surface area contributed by atoms with Crippen LogP contribution in [0.5, 0.6) is 0 Å². The number of likely N-dealkylation sites (tertiary alicyclic amines) is 1. The Morgan fingerprint density at radius 1 is 1.24 bits per heavy atom. The molecule has 3 aliphatic rings. The van der Waals surface area contributed by atoms with Crippen molar-refractivity contribution in [3.63, 3.8) is 0 Å². The fourth-order valence-electron chi connectivity index (χ4n) is 3.96. The number of aryl methyl sites for hydroxylation is 1. The summed E-state index contributed by atoms with van der Waals surface area (Å²) in [4.78, 5) is 21.5. The van der Waals surface area contributed by atoms with Gasteiger partial charge in [0.1, 0.15) is 0 Å². The summed E-state index contributed by atoms with van der Waals surface area (Å²) in [5.41, 5.74) is 0. The summed E-state index contributed by atoms with van der Waals surface area (Å²) >= 11 is 0. The van der Waals surface area contributed by atoms with Gasteiger partial charge in [0.05, 0.1) is 13.2 Å². The van der Waals surface area contributed by atoms with Crippen molar-refractivity contribution in [1.29, 1.82) is 0 Å². The first-order valence-corrected chi connectivity index (χ1v) is 9.63. The zero-order valence-corrected chi connectivity index (χ0v) is 15.0. The molecule has 7 heteroatoms. The van der Waals surface area contributed by atoms with Gasteiger partial charge in [-0.15, -0.1) is 0 Å². The number of morpholine rings is 1. The molecule has 1 saturated carbocycles. The van der Waals surface area contributed by atoms with Crippen molar-refractivity contribution in [2.75, 3.05) is 39.4 Å². The molecule has 1 aliphatic carbocycles. The quantitative estimate of drug-likeness (QED) is 0.775. The lowest BCUT2D eigenvalue weighted by Gasteiger charge is -2.34. The standard InChI is InChI=1S/C18H28N4O3/c1-13-11-22(12-15(13)21-7-9-24-10-8-21)17(23)4-2-3-16-19-18(20-25-16)14-5-6-14/h13-15H,2-12H2,1H3/t13-,15+/m1/s1. The molecular weight excluding hydrogens is 320 g/mol. The van der Waals surface area contributed by atoms with Gasteiger partial charge in [0, 0.05) is 51.0 Å². The van der Waals surface area contributed by atoms with Crippen LogP contribution in [0, 0.1) is 5.92 Å². The van der Waals surface area contributed by atoms with Gasteiger partial charge in [-0.3, -0.25) is 9.69 Å². The van der Waals surface area contributed by atoms with Crippen molar-refractivity contribution in [2.24, 2.45) is 5.92 Å². The maximum Gasteiger partial charge on any atom is 0.226 e. The highest BCUT2D eigenvalue weighted by atomic mass is 16.5. The van der Waals surface area contributed by atoms with Crippen molar-refractivity contribution in [3.05, 3.63) is 11.7 Å². The van der Waals surface area contributed by atoms with Crippen LogP contribution in [0.15, 0.2) is 4.52 Å². The SMILES string of the molecule is C[C@@H]1CN(C(=O)CCCc2nc(C3CC3)no2)C[C@@H]1N1CCOCC1. The normalized spacial score (nSPS) is 27.8. The Labute approximate surface area is 148 Å². The Morgan fingerprint density at radius 3 is 2.80 bits per heavy atom. The molecule has 1 amide bonds. The molecule has 138 valence electrons. The monoisotopic (exact) mass is 348 g/mol. The highest BCUT2D eigenvalue weighted by Crippen LogP contribution is 2.38. The van der Waals surface area contributed by atoms with Crippen LogP contribution in [0.2, 0.25) is 0 Å². The minimum Gasteiger partial charge on any atom is -0.379 e. The van der Waals surface area contributed by atoms with E-state index in [0.717, 1.165) is 51.6 Å². The van der Waals surface area contributed by atoms with Crippen LogP contribution in [0.1, 0.15) is 50.2 Å². The van der Waals surface area contributed by atoms with Crippen molar-refractivity contribution in [2.45, 2.75) is 51.0 Å². The van der Waals surface area contributed by atoms with E-state index in [0.29, 0.717) is 36.6 Å². The molecule has 0 unspecified atom stereocenters. The van der Waals surface area contributed by atoms with Gasteiger partial charge in [-0.25, -0.2) is 0 Å². The molecule has 2 saturated heterocycles. The highest BCUT2D eigenvalue weighted by molar-refractivity contribution is 5.76. The van der Waals surface area contributed by atoms with Gasteiger partial charge in [0.25, 0.3) is 0 Å². The summed E-state index contributed by atoms with van der Waals surface area (Å²) in [5.74, 6) is 2.82. The van der Waals surface area contributed by atoms with Gasteiger partial charge in [-0.1, -0.05) is 12.1 Å². The summed E-state index contributed by atoms with van der Waals surface area (Å²) in [5, 5.41) is 4.03. The van der Waals surface area contributed by atoms with E-state index < -0.39 is 0 Å². The van der Waals surface area contributed by atoms with Crippen LogP contribution in [0.25, 0.3) is 0 Å². The smallest absolute Gasteiger partial charge is 0.226 e. The molecule has 2 atom stereocenters. The van der Waals surface area contributed by atoms with Gasteiger partial charge in [0.2, 0.25) is 11.8 Å². The number of ether oxygens (including phenoxy) is 1. The Morgan fingerprint density at radius 2 is 2.04 bits per heavy atom. The second-order valence-electron chi connectivity index (χ2n) is 7.67. The summed E-state index contributed by atoms with van der Waals surface area (Å²) in [6.07, 6.45) is 4.38. The number of nitrogens with zero attached hydrogens (tertiary/aromatic N) is 4. The minimum atomic E-state index is 0.254. The number of aromatic nitrogens is 2. The van der Waals surface area contributed by atoms with Gasteiger partial charge in [0.15, 0.2) is 5.82 Å². The summed E-state index contributed by atoms with van der Waals surface area (Å²) in [6.45, 7) is 7.56. The lowest BCUT2D eigenvalue weighted by Crippen LogP contribution is -2.47. The molecule has 3 fully saturated rings. The summed E-state index contributed by atoms with van der Waals surface area (Å²) < 4.78 is 10.7. The molecule has 0 bridgehead atoms. The molecule has 0 N–H and O–H groups in total. The molecular formula is C18H28N4O3. The van der Waals surface area contributed by atoms with Crippen LogP contribution < -0.4 is 0 Å². The first-order valence-electron chi connectivity index (χ1n) is 9.63. The van der Waals surface area contributed by atoms with Crippen LogP contribution in [0.4, 0.5) is 0 Å². The third kappa shape index (κ3) is 4.03. The number of carbonyl (C=O) groups is 1. The van der Waals surface area contributed by atoms with E-state index >= 15 is 0 Å². The van der Waals surface area contributed by atoms with E-state index in [1.165, 1.54) is 12.8 Å². The van der Waals surface area contributed by atoms with E-state index in [9.17, 15) is 4.79 Å². The topological polar surface area (TPSA) is 71.7 Å². The number of hydrogen-bond donors (Lipinski definition) is 0. The Hall–Kier alpha value is -1.47. The molecule has 1 aromatic heterocycles. The van der Waals surface area contributed by atoms with E-state index in [4.69, 9.17) is 9.26 Å². The highest BCUT2D eigenvalue weighted by Gasteiger charge is 2.36. The number of rotatable bonds is 6. The van der Waals surface area contributed by atoms with Crippen LogP contribution in [-0.4, -0.2) is 71.3 Å². The molecule has 4 rings (SSSR count). The summed E-state index contributed by atoms with van der Waals surface area (Å²) in [6, 6.07) is 0.477. The molecule has 2 aliphatic heterocycles. The second-order valence-corrected chi connectivity index (χ2v) is 7.67. The van der Waals surface area contributed by atoms with Gasteiger partial charge in [-0.05, 0) is 25.2 Å². The molecule has 0 radical (unpaired) electrons. The molecule has 0 aromatic carbocycles. The second kappa shape index (κ2) is 7.41. The van der Waals surface area contributed by atoms with Gasteiger partial charge >= 0.3 is 0 Å². The first-order chi connectivity index (χ1) is 12.2. The fourth-order valence-corrected chi connectivity index (χ4v) is 3.96.